The van der Waals surface area contributed by atoms with Gasteiger partial charge in [-0.25, -0.2) is 4.39 Å². The second kappa shape index (κ2) is 6.87. The summed E-state index contributed by atoms with van der Waals surface area (Å²) in [7, 11) is 0. The third-order valence-electron chi connectivity index (χ3n) is 3.60. The van der Waals surface area contributed by atoms with Crippen LogP contribution >= 0.6 is 11.3 Å². The number of carbonyl (C=O) groups is 2. The Kier molecular flexibility index (Phi) is 5.13. The van der Waals surface area contributed by atoms with Crippen LogP contribution in [-0.4, -0.2) is 23.5 Å². The smallest absolute Gasteiger partial charge is 0.308 e. The van der Waals surface area contributed by atoms with E-state index in [0.717, 1.165) is 17.4 Å². The largest absolute Gasteiger partial charge is 0.481 e. The normalized spacial score (nSPS) is 12.3. The summed E-state index contributed by atoms with van der Waals surface area (Å²) in [6, 6.07) is 4.43. The highest BCUT2D eigenvalue weighted by atomic mass is 32.1. The van der Waals surface area contributed by atoms with E-state index in [-0.39, 0.29) is 18.3 Å². The summed E-state index contributed by atoms with van der Waals surface area (Å²) < 4.78 is 14.0. The fraction of sp³-hybridized carbons (Fsp3) is 0.375. The summed E-state index contributed by atoms with van der Waals surface area (Å²) in [5, 5.41) is 12.6. The molecule has 1 aromatic heterocycles. The monoisotopic (exact) mass is 323 g/mol. The third-order valence-corrected chi connectivity index (χ3v) is 4.86. The van der Waals surface area contributed by atoms with E-state index in [0.29, 0.717) is 16.0 Å². The van der Waals surface area contributed by atoms with Crippen LogP contribution in [0.2, 0.25) is 0 Å². The molecule has 2 rings (SSSR count). The molecule has 0 spiro atoms. The molecule has 118 valence electrons. The zero-order valence-electron chi connectivity index (χ0n) is 12.5. The van der Waals surface area contributed by atoms with Crippen LogP contribution in [0.15, 0.2) is 18.2 Å². The number of hydrogen-bond donors (Lipinski definition) is 2. The van der Waals surface area contributed by atoms with Gasteiger partial charge in [-0.3, -0.25) is 9.59 Å². The molecular formula is C16H18FNO3S. The molecule has 2 N–H and O–H groups in total. The van der Waals surface area contributed by atoms with E-state index in [1.165, 1.54) is 23.5 Å². The molecule has 0 fully saturated rings. The first-order valence-electron chi connectivity index (χ1n) is 7.13. The van der Waals surface area contributed by atoms with Crippen LogP contribution < -0.4 is 5.32 Å². The number of aliphatic carboxylic acids is 1. The molecule has 0 aliphatic carbocycles. The number of carbonyl (C=O) groups excluding carboxylic acids is 1. The van der Waals surface area contributed by atoms with Crippen molar-refractivity contribution in [3.8, 4) is 0 Å². The van der Waals surface area contributed by atoms with E-state index >= 15 is 0 Å². The van der Waals surface area contributed by atoms with Crippen LogP contribution in [0.1, 0.15) is 35.0 Å². The average Bonchev–Trinajstić information content (AvgIpc) is 2.79. The number of hydrogen-bond acceptors (Lipinski definition) is 3. The summed E-state index contributed by atoms with van der Waals surface area (Å²) >= 11 is 1.22. The Morgan fingerprint density at radius 2 is 2.14 bits per heavy atom. The molecule has 1 unspecified atom stereocenters. The number of rotatable bonds is 6. The number of carboxylic acid groups (broad SMARTS) is 1. The Hall–Kier alpha value is -1.95. The fourth-order valence-corrected chi connectivity index (χ4v) is 3.52. The number of nitrogens with one attached hydrogen (secondary N) is 1. The Bertz CT molecular complexity index is 711. The van der Waals surface area contributed by atoms with Gasteiger partial charge in [0.2, 0.25) is 0 Å². The number of halogens is 1. The van der Waals surface area contributed by atoms with Crippen molar-refractivity contribution in [2.24, 2.45) is 5.92 Å². The molecule has 0 bridgehead atoms. The van der Waals surface area contributed by atoms with E-state index < -0.39 is 11.9 Å². The molecular weight excluding hydrogens is 305 g/mol. The highest BCUT2D eigenvalue weighted by Crippen LogP contribution is 2.31. The first-order valence-corrected chi connectivity index (χ1v) is 7.95. The number of carboxylic acids is 1. The fourth-order valence-electron chi connectivity index (χ4n) is 2.37. The van der Waals surface area contributed by atoms with Crippen LogP contribution in [0.3, 0.4) is 0 Å². The number of thiophene rings is 1. The molecule has 0 aliphatic rings. The molecule has 1 amide bonds. The van der Waals surface area contributed by atoms with Gasteiger partial charge in [-0.05, 0) is 36.4 Å². The first-order chi connectivity index (χ1) is 10.4. The van der Waals surface area contributed by atoms with E-state index in [1.807, 2.05) is 13.8 Å². The quantitative estimate of drug-likeness (QED) is 0.854. The van der Waals surface area contributed by atoms with Gasteiger partial charge in [-0.1, -0.05) is 19.4 Å². The minimum absolute atomic E-state index is 0.101. The van der Waals surface area contributed by atoms with Crippen molar-refractivity contribution < 1.29 is 19.1 Å². The lowest BCUT2D eigenvalue weighted by Gasteiger charge is -2.12. The molecule has 0 aliphatic heterocycles. The van der Waals surface area contributed by atoms with Gasteiger partial charge in [0.15, 0.2) is 0 Å². The lowest BCUT2D eigenvalue weighted by molar-refractivity contribution is -0.141. The lowest BCUT2D eigenvalue weighted by Crippen LogP contribution is -2.32. The van der Waals surface area contributed by atoms with Crippen molar-refractivity contribution in [3.05, 3.63) is 34.5 Å². The van der Waals surface area contributed by atoms with Crippen molar-refractivity contribution in [1.29, 1.82) is 0 Å². The van der Waals surface area contributed by atoms with Gasteiger partial charge in [0.25, 0.3) is 5.91 Å². The zero-order chi connectivity index (χ0) is 16.3. The predicted molar refractivity (Wildman–Crippen MR) is 84.9 cm³/mol. The van der Waals surface area contributed by atoms with E-state index in [2.05, 4.69) is 5.32 Å². The summed E-state index contributed by atoms with van der Waals surface area (Å²) in [6.07, 6.45) is 1.26. The molecule has 2 aromatic rings. The second-order valence-corrected chi connectivity index (χ2v) is 6.28. The molecule has 0 radical (unpaired) electrons. The topological polar surface area (TPSA) is 66.4 Å². The molecule has 1 aromatic carbocycles. The maximum absolute atomic E-state index is 13.2. The van der Waals surface area contributed by atoms with Crippen LogP contribution in [0, 0.1) is 18.7 Å². The van der Waals surface area contributed by atoms with Crippen molar-refractivity contribution in [1.82, 2.24) is 5.32 Å². The summed E-state index contributed by atoms with van der Waals surface area (Å²) in [5.74, 6) is -2.13. The SMILES string of the molecule is CCCC(CNC(=O)c1sc2cc(F)ccc2c1C)C(=O)O. The van der Waals surface area contributed by atoms with E-state index in [1.54, 1.807) is 6.07 Å². The first kappa shape index (κ1) is 16.4. The van der Waals surface area contributed by atoms with Gasteiger partial charge in [0, 0.05) is 11.2 Å². The van der Waals surface area contributed by atoms with Crippen LogP contribution in [0.4, 0.5) is 4.39 Å². The molecule has 1 heterocycles. The zero-order valence-corrected chi connectivity index (χ0v) is 13.3. The molecule has 6 heteroatoms. The van der Waals surface area contributed by atoms with Crippen molar-refractivity contribution >= 4 is 33.3 Å². The van der Waals surface area contributed by atoms with Gasteiger partial charge < -0.3 is 10.4 Å². The molecule has 0 saturated heterocycles. The highest BCUT2D eigenvalue weighted by Gasteiger charge is 2.20. The maximum atomic E-state index is 13.2. The number of benzene rings is 1. The van der Waals surface area contributed by atoms with Gasteiger partial charge in [-0.2, -0.15) is 0 Å². The maximum Gasteiger partial charge on any atom is 0.308 e. The van der Waals surface area contributed by atoms with E-state index in [4.69, 9.17) is 5.11 Å². The van der Waals surface area contributed by atoms with Crippen molar-refractivity contribution in [2.75, 3.05) is 6.54 Å². The van der Waals surface area contributed by atoms with Gasteiger partial charge in [-0.15, -0.1) is 11.3 Å². The summed E-state index contributed by atoms with van der Waals surface area (Å²) in [5.41, 5.74) is 0.792. The van der Waals surface area contributed by atoms with Gasteiger partial charge in [0.1, 0.15) is 5.82 Å². The molecule has 22 heavy (non-hydrogen) atoms. The summed E-state index contributed by atoms with van der Waals surface area (Å²) in [6.45, 7) is 3.82. The Morgan fingerprint density at radius 1 is 1.41 bits per heavy atom. The Morgan fingerprint density at radius 3 is 2.77 bits per heavy atom. The standard InChI is InChI=1S/C16H18FNO3S/c1-3-4-10(16(20)21)8-18-15(19)14-9(2)12-6-5-11(17)7-13(12)22-14/h5-7,10H,3-4,8H2,1-2H3,(H,18,19)(H,20,21). The summed E-state index contributed by atoms with van der Waals surface area (Å²) in [4.78, 5) is 23.9. The second-order valence-electron chi connectivity index (χ2n) is 5.23. The third kappa shape index (κ3) is 3.44. The number of amides is 1. The van der Waals surface area contributed by atoms with Gasteiger partial charge in [0.05, 0.1) is 10.8 Å². The van der Waals surface area contributed by atoms with Crippen molar-refractivity contribution in [2.45, 2.75) is 26.7 Å². The van der Waals surface area contributed by atoms with Crippen LogP contribution in [0.25, 0.3) is 10.1 Å². The minimum atomic E-state index is -0.905. The van der Waals surface area contributed by atoms with E-state index in [9.17, 15) is 14.0 Å². The Balaban J connectivity index is 2.16. The lowest BCUT2D eigenvalue weighted by atomic mass is 10.0. The number of aryl methyl sites for hydroxylation is 1. The molecule has 4 nitrogen and oxygen atoms in total. The van der Waals surface area contributed by atoms with Crippen LogP contribution in [0.5, 0.6) is 0 Å². The van der Waals surface area contributed by atoms with Crippen LogP contribution in [-0.2, 0) is 4.79 Å². The minimum Gasteiger partial charge on any atom is -0.481 e. The molecule has 0 saturated carbocycles. The Labute approximate surface area is 132 Å². The van der Waals surface area contributed by atoms with Gasteiger partial charge >= 0.3 is 5.97 Å². The highest BCUT2D eigenvalue weighted by molar-refractivity contribution is 7.21. The average molecular weight is 323 g/mol. The number of fused-ring (bicyclic) bond motifs is 1. The van der Waals surface area contributed by atoms with Crippen molar-refractivity contribution in [3.63, 3.8) is 0 Å². The predicted octanol–water partition coefficient (Wildman–Crippen LogP) is 3.58. The molecule has 1 atom stereocenters.